The van der Waals surface area contributed by atoms with E-state index in [4.69, 9.17) is 11.2 Å². The van der Waals surface area contributed by atoms with Crippen molar-refractivity contribution in [3.05, 3.63) is 52.5 Å². The molecule has 0 saturated carbocycles. The average Bonchev–Trinajstić information content (AvgIpc) is 3.50. The molecule has 1 aliphatic heterocycles. The second-order valence-electron chi connectivity index (χ2n) is 7.74. The Morgan fingerprint density at radius 3 is 2.68 bits per heavy atom. The summed E-state index contributed by atoms with van der Waals surface area (Å²) in [6.45, 7) is -1.22. The summed E-state index contributed by atoms with van der Waals surface area (Å²) < 4.78 is 57.0. The number of anilines is 3. The number of nitrogens with one attached hydrogen (secondary N) is 1. The number of aromatic nitrogens is 3. The van der Waals surface area contributed by atoms with Gasteiger partial charge in [-0.3, -0.25) is 19.4 Å². The Kier molecular flexibility index (Phi) is 7.25. The van der Waals surface area contributed by atoms with Crippen molar-refractivity contribution in [3.8, 4) is 18.1 Å². The molecule has 37 heavy (non-hydrogen) atoms. The van der Waals surface area contributed by atoms with Crippen molar-refractivity contribution in [3.63, 3.8) is 0 Å². The average molecular weight is 534 g/mol. The summed E-state index contributed by atoms with van der Waals surface area (Å²) in [4.78, 5) is 41.1. The largest absolute Gasteiger partial charge is 0.497 e. The number of terminal acetylenes is 1. The van der Waals surface area contributed by atoms with Gasteiger partial charge in [0.05, 0.1) is 25.2 Å². The van der Waals surface area contributed by atoms with Crippen LogP contribution < -0.4 is 19.9 Å². The SMILES string of the molecule is C#Cc1nc(C(=O)N(c2cc(NCC(F)(F)F)cc(OC)c2)C2CCN(c3ncc(F)cn3)C2=O)cs1. The molecular formula is C23H18F4N6O3S. The van der Waals surface area contributed by atoms with Crippen LogP contribution in [0.5, 0.6) is 5.75 Å². The predicted octanol–water partition coefficient (Wildman–Crippen LogP) is 3.49. The zero-order valence-corrected chi connectivity index (χ0v) is 19.9. The standard InChI is InChI=1S/C23H18F4N6O3S/c1-3-19-31-17(11-37-19)20(34)33(15-6-14(7-16(8-15)36-2)30-12-23(25,26)27)18-4-5-32(21(18)35)22-28-9-13(24)10-29-22/h1,6-11,18,30H,4-5,12H2,2H3. The number of ether oxygens (including phenoxy) is 1. The van der Waals surface area contributed by atoms with Gasteiger partial charge in [-0.15, -0.1) is 17.8 Å². The summed E-state index contributed by atoms with van der Waals surface area (Å²) in [7, 11) is 1.31. The minimum absolute atomic E-state index is 0.0104. The Labute approximate surface area is 212 Å². The first-order chi connectivity index (χ1) is 17.6. The van der Waals surface area contributed by atoms with Crippen LogP contribution in [0.1, 0.15) is 21.9 Å². The number of alkyl halides is 3. The molecule has 1 saturated heterocycles. The third kappa shape index (κ3) is 5.78. The van der Waals surface area contributed by atoms with Crippen molar-refractivity contribution in [2.75, 3.05) is 35.3 Å². The maximum atomic E-state index is 13.6. The fourth-order valence-corrected chi connectivity index (χ4v) is 4.29. The smallest absolute Gasteiger partial charge is 0.405 e. The Balaban J connectivity index is 1.75. The number of benzene rings is 1. The first kappa shape index (κ1) is 25.8. The minimum Gasteiger partial charge on any atom is -0.497 e. The van der Waals surface area contributed by atoms with E-state index in [1.807, 2.05) is 0 Å². The Morgan fingerprint density at radius 2 is 2.05 bits per heavy atom. The number of methoxy groups -OCH3 is 1. The van der Waals surface area contributed by atoms with Crippen LogP contribution >= 0.6 is 11.3 Å². The van der Waals surface area contributed by atoms with Gasteiger partial charge in [-0.1, -0.05) is 0 Å². The first-order valence-electron chi connectivity index (χ1n) is 10.6. The Morgan fingerprint density at radius 1 is 1.32 bits per heavy atom. The van der Waals surface area contributed by atoms with Crippen LogP contribution in [0.2, 0.25) is 0 Å². The number of carbonyl (C=O) groups excluding carboxylic acids is 2. The molecule has 4 rings (SSSR count). The molecule has 1 unspecified atom stereocenters. The fraction of sp³-hybridized carbons (Fsp3) is 0.261. The number of carbonyl (C=O) groups is 2. The number of nitrogens with zero attached hydrogens (tertiary/aromatic N) is 5. The van der Waals surface area contributed by atoms with E-state index in [9.17, 15) is 27.2 Å². The van der Waals surface area contributed by atoms with E-state index < -0.39 is 36.4 Å². The highest BCUT2D eigenvalue weighted by Crippen LogP contribution is 2.33. The van der Waals surface area contributed by atoms with Gasteiger partial charge in [0.2, 0.25) is 5.95 Å². The second-order valence-corrected chi connectivity index (χ2v) is 8.60. The van der Waals surface area contributed by atoms with E-state index in [2.05, 4.69) is 26.2 Å². The highest BCUT2D eigenvalue weighted by Gasteiger charge is 2.42. The summed E-state index contributed by atoms with van der Waals surface area (Å²) in [5.41, 5.74) is 0.0515. The molecule has 14 heteroatoms. The second kappa shape index (κ2) is 10.4. The van der Waals surface area contributed by atoms with Gasteiger partial charge >= 0.3 is 6.18 Å². The van der Waals surface area contributed by atoms with Crippen LogP contribution in [0.4, 0.5) is 34.9 Å². The van der Waals surface area contributed by atoms with Crippen molar-refractivity contribution in [2.24, 2.45) is 0 Å². The maximum Gasteiger partial charge on any atom is 0.405 e. The third-order valence-corrected chi connectivity index (χ3v) is 6.07. The van der Waals surface area contributed by atoms with Crippen LogP contribution in [-0.4, -0.2) is 59.2 Å². The number of hydrogen-bond donors (Lipinski definition) is 1. The fourth-order valence-electron chi connectivity index (χ4n) is 3.69. The van der Waals surface area contributed by atoms with Gasteiger partial charge in [-0.2, -0.15) is 13.2 Å². The van der Waals surface area contributed by atoms with E-state index >= 15 is 0 Å². The molecule has 1 aliphatic rings. The van der Waals surface area contributed by atoms with Gasteiger partial charge in [0.15, 0.2) is 10.8 Å². The first-order valence-corrected chi connectivity index (χ1v) is 11.5. The molecule has 3 heterocycles. The topological polar surface area (TPSA) is 101 Å². The van der Waals surface area contributed by atoms with Crippen LogP contribution in [-0.2, 0) is 4.79 Å². The molecule has 1 aromatic carbocycles. The molecule has 1 fully saturated rings. The normalized spacial score (nSPS) is 15.4. The maximum absolute atomic E-state index is 13.6. The number of rotatable bonds is 7. The van der Waals surface area contributed by atoms with E-state index in [1.165, 1.54) is 35.6 Å². The number of thiazole rings is 1. The summed E-state index contributed by atoms with van der Waals surface area (Å²) in [6, 6.07) is 2.94. The lowest BCUT2D eigenvalue weighted by molar-refractivity contribution is -0.118. The van der Waals surface area contributed by atoms with Gasteiger partial charge in [0.25, 0.3) is 11.8 Å². The van der Waals surface area contributed by atoms with Gasteiger partial charge < -0.3 is 10.1 Å². The zero-order valence-electron chi connectivity index (χ0n) is 19.1. The summed E-state index contributed by atoms with van der Waals surface area (Å²) in [6.07, 6.45) is 2.81. The molecule has 2 aromatic heterocycles. The third-order valence-electron chi connectivity index (χ3n) is 5.30. The lowest BCUT2D eigenvalue weighted by atomic mass is 10.1. The molecule has 0 aliphatic carbocycles. The quantitative estimate of drug-likeness (QED) is 0.366. The van der Waals surface area contributed by atoms with Gasteiger partial charge in [0.1, 0.15) is 24.0 Å². The molecule has 0 bridgehead atoms. The molecule has 2 amide bonds. The lowest BCUT2D eigenvalue weighted by Gasteiger charge is -2.28. The van der Waals surface area contributed by atoms with Crippen molar-refractivity contribution in [1.82, 2.24) is 15.0 Å². The van der Waals surface area contributed by atoms with Crippen LogP contribution in [0.25, 0.3) is 0 Å². The molecule has 0 radical (unpaired) electrons. The summed E-state index contributed by atoms with van der Waals surface area (Å²) in [5, 5.41) is 3.92. The molecule has 3 aromatic rings. The highest BCUT2D eigenvalue weighted by molar-refractivity contribution is 7.10. The predicted molar refractivity (Wildman–Crippen MR) is 127 cm³/mol. The molecule has 1 N–H and O–H groups in total. The monoisotopic (exact) mass is 534 g/mol. The van der Waals surface area contributed by atoms with E-state index in [-0.39, 0.29) is 46.7 Å². The highest BCUT2D eigenvalue weighted by atomic mass is 32.1. The van der Waals surface area contributed by atoms with E-state index in [0.717, 1.165) is 28.6 Å². The van der Waals surface area contributed by atoms with Crippen LogP contribution in [0, 0.1) is 18.2 Å². The van der Waals surface area contributed by atoms with Gasteiger partial charge in [-0.25, -0.2) is 19.3 Å². The molecule has 9 nitrogen and oxygen atoms in total. The summed E-state index contributed by atoms with van der Waals surface area (Å²) in [5.74, 6) is 0.462. The van der Waals surface area contributed by atoms with E-state index in [1.54, 1.807) is 0 Å². The number of amides is 2. The molecular weight excluding hydrogens is 516 g/mol. The van der Waals surface area contributed by atoms with Crippen LogP contribution in [0.15, 0.2) is 36.0 Å². The Hall–Kier alpha value is -4.25. The Bertz CT molecular complexity index is 1360. The van der Waals surface area contributed by atoms with Crippen molar-refractivity contribution in [2.45, 2.75) is 18.6 Å². The molecule has 192 valence electrons. The minimum atomic E-state index is -4.50. The van der Waals surface area contributed by atoms with Crippen LogP contribution in [0.3, 0.4) is 0 Å². The zero-order chi connectivity index (χ0) is 26.7. The van der Waals surface area contributed by atoms with Crippen molar-refractivity contribution >= 4 is 40.5 Å². The van der Waals surface area contributed by atoms with Gasteiger partial charge in [-0.05, 0) is 18.4 Å². The molecule has 1 atom stereocenters. The lowest BCUT2D eigenvalue weighted by Crippen LogP contribution is -2.46. The molecule has 0 spiro atoms. The van der Waals surface area contributed by atoms with Crippen molar-refractivity contribution < 1.29 is 31.9 Å². The number of halogens is 4. The number of hydrogen-bond acceptors (Lipinski definition) is 8. The van der Waals surface area contributed by atoms with Crippen molar-refractivity contribution in [1.29, 1.82) is 0 Å². The van der Waals surface area contributed by atoms with E-state index in [0.29, 0.717) is 0 Å². The summed E-state index contributed by atoms with van der Waals surface area (Å²) >= 11 is 1.05. The van der Waals surface area contributed by atoms with Gasteiger partial charge in [0, 0.05) is 29.7 Å².